The van der Waals surface area contributed by atoms with Crippen molar-refractivity contribution < 1.29 is 4.79 Å². The van der Waals surface area contributed by atoms with Gasteiger partial charge in [0.2, 0.25) is 0 Å². The van der Waals surface area contributed by atoms with Crippen LogP contribution >= 0.6 is 22.7 Å². The van der Waals surface area contributed by atoms with Gasteiger partial charge in [-0.05, 0) is 23.6 Å². The number of fused-ring (bicyclic) bond motifs is 1. The molecule has 0 spiro atoms. The maximum absolute atomic E-state index is 12.6. The fourth-order valence-electron chi connectivity index (χ4n) is 3.03. The highest BCUT2D eigenvalue weighted by Crippen LogP contribution is 2.30. The summed E-state index contributed by atoms with van der Waals surface area (Å²) in [6.45, 7) is 0. The normalized spacial score (nSPS) is 11.2. The molecule has 8 nitrogen and oxygen atoms in total. The SMILES string of the molecule is O=C(N/N=C/c1ccc(-c2cccs2)s1)c1n[nH]c(=O)c2nc(-c3ccccc3)ncc12. The van der Waals surface area contributed by atoms with Crippen LogP contribution in [0.5, 0.6) is 0 Å². The molecule has 1 aromatic carbocycles. The number of amides is 1. The monoisotopic (exact) mass is 458 g/mol. The molecule has 0 fully saturated rings. The highest BCUT2D eigenvalue weighted by molar-refractivity contribution is 7.22. The van der Waals surface area contributed by atoms with E-state index in [0.717, 1.165) is 15.3 Å². The third-order valence-electron chi connectivity index (χ3n) is 4.52. The van der Waals surface area contributed by atoms with Gasteiger partial charge >= 0.3 is 0 Å². The number of benzene rings is 1. The van der Waals surface area contributed by atoms with Gasteiger partial charge in [0.05, 0.1) is 11.6 Å². The zero-order chi connectivity index (χ0) is 21.9. The molecule has 2 N–H and O–H groups in total. The second-order valence-electron chi connectivity index (χ2n) is 6.60. The molecule has 0 unspecified atom stereocenters. The molecule has 0 atom stereocenters. The number of aromatic amines is 1. The molecule has 0 saturated heterocycles. The Morgan fingerprint density at radius 1 is 1.06 bits per heavy atom. The molecule has 32 heavy (non-hydrogen) atoms. The van der Waals surface area contributed by atoms with Gasteiger partial charge in [-0.25, -0.2) is 20.5 Å². The van der Waals surface area contributed by atoms with E-state index in [9.17, 15) is 9.59 Å². The van der Waals surface area contributed by atoms with Crippen molar-refractivity contribution in [2.24, 2.45) is 5.10 Å². The van der Waals surface area contributed by atoms with Crippen LogP contribution in [0.1, 0.15) is 15.4 Å². The molecule has 0 radical (unpaired) electrons. The number of hydrazone groups is 1. The van der Waals surface area contributed by atoms with Crippen LogP contribution in [0.15, 0.2) is 76.1 Å². The molecule has 0 saturated carbocycles. The van der Waals surface area contributed by atoms with Gasteiger partial charge in [0.25, 0.3) is 11.5 Å². The molecule has 0 aliphatic heterocycles. The molecular formula is C22H14N6O2S2. The lowest BCUT2D eigenvalue weighted by atomic mass is 10.2. The third-order valence-corrected chi connectivity index (χ3v) is 6.61. The first kappa shape index (κ1) is 19.9. The van der Waals surface area contributed by atoms with Crippen LogP contribution in [0.4, 0.5) is 0 Å². The summed E-state index contributed by atoms with van der Waals surface area (Å²) in [5.74, 6) is -0.188. The molecule has 5 rings (SSSR count). The maximum atomic E-state index is 12.6. The Hall–Kier alpha value is -4.02. The van der Waals surface area contributed by atoms with Gasteiger partial charge in [-0.15, -0.1) is 22.7 Å². The van der Waals surface area contributed by atoms with E-state index in [1.54, 1.807) is 28.9 Å². The fraction of sp³-hybridized carbons (Fsp3) is 0. The van der Waals surface area contributed by atoms with Crippen molar-refractivity contribution in [2.75, 3.05) is 0 Å². The fourth-order valence-corrected chi connectivity index (χ4v) is 4.74. The Kier molecular flexibility index (Phi) is 5.36. The van der Waals surface area contributed by atoms with E-state index in [1.165, 1.54) is 11.1 Å². The summed E-state index contributed by atoms with van der Waals surface area (Å²) in [4.78, 5) is 36.7. The number of carbonyl (C=O) groups is 1. The minimum absolute atomic E-state index is 0.0122. The van der Waals surface area contributed by atoms with E-state index in [0.29, 0.717) is 5.82 Å². The van der Waals surface area contributed by atoms with Crippen LogP contribution in [0.2, 0.25) is 0 Å². The molecule has 1 amide bonds. The Morgan fingerprint density at radius 3 is 2.75 bits per heavy atom. The van der Waals surface area contributed by atoms with E-state index in [1.807, 2.05) is 53.9 Å². The molecule has 4 heterocycles. The molecule has 0 aliphatic rings. The zero-order valence-corrected chi connectivity index (χ0v) is 18.0. The Balaban J connectivity index is 1.38. The summed E-state index contributed by atoms with van der Waals surface area (Å²) in [5, 5.41) is 12.5. The number of nitrogens with one attached hydrogen (secondary N) is 2. The quantitative estimate of drug-likeness (QED) is 0.306. The van der Waals surface area contributed by atoms with E-state index in [4.69, 9.17) is 0 Å². The number of rotatable bonds is 5. The van der Waals surface area contributed by atoms with Crippen molar-refractivity contribution in [1.82, 2.24) is 25.6 Å². The van der Waals surface area contributed by atoms with Gasteiger partial charge in [0, 0.05) is 26.4 Å². The third kappa shape index (κ3) is 3.96. The summed E-state index contributed by atoms with van der Waals surface area (Å²) in [6, 6.07) is 17.3. The lowest BCUT2D eigenvalue weighted by molar-refractivity contribution is 0.0951. The topological polar surface area (TPSA) is 113 Å². The highest BCUT2D eigenvalue weighted by Gasteiger charge is 2.16. The molecule has 5 aromatic rings. The summed E-state index contributed by atoms with van der Waals surface area (Å²) in [6.07, 6.45) is 3.00. The number of hydrogen-bond acceptors (Lipinski definition) is 8. The van der Waals surface area contributed by atoms with Gasteiger partial charge in [-0.3, -0.25) is 9.59 Å². The average Bonchev–Trinajstić information content (AvgIpc) is 3.52. The van der Waals surface area contributed by atoms with E-state index in [-0.39, 0.29) is 16.6 Å². The number of hydrogen-bond donors (Lipinski definition) is 2. The first-order valence-electron chi connectivity index (χ1n) is 9.47. The molecule has 4 aromatic heterocycles. The minimum atomic E-state index is -0.575. The summed E-state index contributed by atoms with van der Waals surface area (Å²) >= 11 is 3.23. The Bertz CT molecular complexity index is 1490. The molecular weight excluding hydrogens is 444 g/mol. The Labute approximate surface area is 189 Å². The minimum Gasteiger partial charge on any atom is -0.266 e. The van der Waals surface area contributed by atoms with Gasteiger partial charge in [0.15, 0.2) is 11.5 Å². The molecule has 156 valence electrons. The number of thiophene rings is 2. The second-order valence-corrected chi connectivity index (χ2v) is 8.66. The van der Waals surface area contributed by atoms with Crippen LogP contribution in [-0.4, -0.2) is 32.3 Å². The van der Waals surface area contributed by atoms with Crippen LogP contribution in [0.25, 0.3) is 32.0 Å². The second kappa shape index (κ2) is 8.61. The van der Waals surface area contributed by atoms with Gasteiger partial charge < -0.3 is 0 Å². The first-order chi connectivity index (χ1) is 15.7. The lowest BCUT2D eigenvalue weighted by Crippen LogP contribution is -2.23. The summed E-state index contributed by atoms with van der Waals surface area (Å²) < 4.78 is 0. The first-order valence-corrected chi connectivity index (χ1v) is 11.2. The number of nitrogens with zero attached hydrogens (tertiary/aromatic N) is 4. The van der Waals surface area contributed by atoms with Gasteiger partial charge in [-0.2, -0.15) is 10.2 Å². The lowest BCUT2D eigenvalue weighted by Gasteiger charge is -2.05. The number of H-pyrrole nitrogens is 1. The van der Waals surface area contributed by atoms with Crippen LogP contribution < -0.4 is 11.0 Å². The van der Waals surface area contributed by atoms with E-state index in [2.05, 4.69) is 36.8 Å². The van der Waals surface area contributed by atoms with Crippen LogP contribution in [-0.2, 0) is 0 Å². The predicted octanol–water partition coefficient (Wildman–Crippen LogP) is 3.93. The van der Waals surface area contributed by atoms with E-state index < -0.39 is 11.5 Å². The molecule has 0 aliphatic carbocycles. The standard InChI is InChI=1S/C22H14N6O2S2/c29-21-18-15(12-23-20(25-18)13-5-2-1-3-6-13)19(26-28-21)22(30)27-24-11-14-8-9-17(32-14)16-7-4-10-31-16/h1-12H,(H,27,30)(H,28,29)/b24-11+. The van der Waals surface area contributed by atoms with Crippen molar-refractivity contribution in [3.63, 3.8) is 0 Å². The largest absolute Gasteiger partial charge is 0.292 e. The maximum Gasteiger partial charge on any atom is 0.292 e. The smallest absolute Gasteiger partial charge is 0.266 e. The van der Waals surface area contributed by atoms with Crippen molar-refractivity contribution in [3.05, 3.63) is 87.1 Å². The predicted molar refractivity (Wildman–Crippen MR) is 126 cm³/mol. The molecule has 10 heteroatoms. The summed E-state index contributed by atoms with van der Waals surface area (Å²) in [7, 11) is 0. The van der Waals surface area contributed by atoms with Crippen molar-refractivity contribution in [3.8, 4) is 21.1 Å². The Morgan fingerprint density at radius 2 is 1.94 bits per heavy atom. The highest BCUT2D eigenvalue weighted by atomic mass is 32.1. The average molecular weight is 459 g/mol. The number of aromatic nitrogens is 4. The van der Waals surface area contributed by atoms with Crippen molar-refractivity contribution >= 4 is 45.7 Å². The van der Waals surface area contributed by atoms with Crippen LogP contribution in [0.3, 0.4) is 0 Å². The number of carbonyl (C=O) groups excluding carboxylic acids is 1. The van der Waals surface area contributed by atoms with Gasteiger partial charge in [-0.1, -0.05) is 36.4 Å². The summed E-state index contributed by atoms with van der Waals surface area (Å²) in [5.41, 5.74) is 2.78. The van der Waals surface area contributed by atoms with Gasteiger partial charge in [0.1, 0.15) is 5.52 Å². The van der Waals surface area contributed by atoms with Crippen molar-refractivity contribution in [2.45, 2.75) is 0 Å². The molecule has 0 bridgehead atoms. The zero-order valence-electron chi connectivity index (χ0n) is 16.4. The van der Waals surface area contributed by atoms with Crippen molar-refractivity contribution in [1.29, 1.82) is 0 Å². The van der Waals surface area contributed by atoms with Crippen LogP contribution in [0, 0.1) is 0 Å². The van der Waals surface area contributed by atoms with E-state index >= 15 is 0 Å².